The second-order valence-electron chi connectivity index (χ2n) is 10.2. The predicted octanol–water partition coefficient (Wildman–Crippen LogP) is 5.96. The van der Waals surface area contributed by atoms with Crippen molar-refractivity contribution in [3.8, 4) is 22.6 Å². The van der Waals surface area contributed by atoms with Crippen LogP contribution in [0.2, 0.25) is 0 Å². The summed E-state index contributed by atoms with van der Waals surface area (Å²) in [5.41, 5.74) is 3.44. The molecule has 6 rings (SSSR count). The van der Waals surface area contributed by atoms with E-state index in [1.807, 2.05) is 36.5 Å². The lowest BCUT2D eigenvalue weighted by atomic mass is 9.91. The van der Waals surface area contributed by atoms with Gasteiger partial charge in [0.25, 0.3) is 0 Å². The highest BCUT2D eigenvalue weighted by molar-refractivity contribution is 5.78. The summed E-state index contributed by atoms with van der Waals surface area (Å²) in [7, 11) is 0. The summed E-state index contributed by atoms with van der Waals surface area (Å²) in [6.07, 6.45) is 10.4. The van der Waals surface area contributed by atoms with Crippen LogP contribution in [0.25, 0.3) is 11.1 Å². The largest absolute Gasteiger partial charge is 0.456 e. The van der Waals surface area contributed by atoms with Crippen molar-refractivity contribution in [2.75, 3.05) is 24.5 Å². The molecule has 6 heteroatoms. The summed E-state index contributed by atoms with van der Waals surface area (Å²) in [4.78, 5) is 2.30. The molecule has 34 heavy (non-hydrogen) atoms. The van der Waals surface area contributed by atoms with Crippen molar-refractivity contribution >= 4 is 5.69 Å². The first-order chi connectivity index (χ1) is 16.7. The molecule has 3 aliphatic rings. The number of fused-ring (bicyclic) bond motifs is 1. The topological polar surface area (TPSA) is 42.3 Å². The van der Waals surface area contributed by atoms with E-state index >= 15 is 4.39 Å². The van der Waals surface area contributed by atoms with E-state index in [2.05, 4.69) is 33.1 Å². The Labute approximate surface area is 200 Å². The zero-order chi connectivity index (χ0) is 23.1. The van der Waals surface area contributed by atoms with Crippen LogP contribution in [-0.4, -0.2) is 35.5 Å². The van der Waals surface area contributed by atoms with Crippen molar-refractivity contribution < 1.29 is 9.13 Å². The smallest absolute Gasteiger partial charge is 0.147 e. The van der Waals surface area contributed by atoms with Gasteiger partial charge >= 0.3 is 0 Å². The van der Waals surface area contributed by atoms with Crippen LogP contribution in [0.15, 0.2) is 48.8 Å². The molecule has 1 saturated carbocycles. The van der Waals surface area contributed by atoms with Crippen molar-refractivity contribution in [1.82, 2.24) is 15.1 Å². The summed E-state index contributed by atoms with van der Waals surface area (Å²) in [5, 5.41) is 8.09. The number of anilines is 1. The average molecular weight is 461 g/mol. The van der Waals surface area contributed by atoms with Gasteiger partial charge in [-0.3, -0.25) is 4.68 Å². The van der Waals surface area contributed by atoms with E-state index < -0.39 is 0 Å². The summed E-state index contributed by atoms with van der Waals surface area (Å²) >= 11 is 0. The fraction of sp³-hybridized carbons (Fsp3) is 0.464. The molecule has 2 aromatic carbocycles. The molecule has 1 aromatic heterocycles. The van der Waals surface area contributed by atoms with Gasteiger partial charge in [0.15, 0.2) is 0 Å². The monoisotopic (exact) mass is 460 g/mol. The molecule has 0 bridgehead atoms. The maximum Gasteiger partial charge on any atom is 0.147 e. The standard InChI is InChI=1S/C28H33FN4O/c1-19-7-10-24-27(32(19)17-20-8-9-20)26(29)15-25(28(24)34-23-5-3-2-4-6-23)21-16-31-33(18-21)22-11-13-30-14-12-22/h2-6,15-16,18-20,22,30H,7-14,17H2,1H3/t19-/m0/s1. The van der Waals surface area contributed by atoms with Crippen LogP contribution < -0.4 is 15.0 Å². The number of rotatable bonds is 6. The quantitative estimate of drug-likeness (QED) is 0.493. The number of hydrogen-bond acceptors (Lipinski definition) is 4. The zero-order valence-corrected chi connectivity index (χ0v) is 19.8. The first-order valence-electron chi connectivity index (χ1n) is 12.8. The number of benzene rings is 2. The molecule has 1 saturated heterocycles. The van der Waals surface area contributed by atoms with Crippen LogP contribution in [0.3, 0.4) is 0 Å². The van der Waals surface area contributed by atoms with Gasteiger partial charge in [-0.2, -0.15) is 5.10 Å². The van der Waals surface area contributed by atoms with Crippen molar-refractivity contribution in [2.45, 2.75) is 57.5 Å². The number of nitrogens with zero attached hydrogens (tertiary/aromatic N) is 3. The molecule has 0 spiro atoms. The molecular weight excluding hydrogens is 427 g/mol. The number of piperidine rings is 1. The minimum Gasteiger partial charge on any atom is -0.456 e. The third-order valence-corrected chi connectivity index (χ3v) is 7.64. The fourth-order valence-corrected chi connectivity index (χ4v) is 5.48. The first-order valence-corrected chi connectivity index (χ1v) is 12.8. The van der Waals surface area contributed by atoms with Crippen molar-refractivity contribution in [1.29, 1.82) is 0 Å². The Morgan fingerprint density at radius 1 is 1.09 bits per heavy atom. The van der Waals surface area contributed by atoms with Gasteiger partial charge in [0.2, 0.25) is 0 Å². The lowest BCUT2D eigenvalue weighted by molar-refractivity contribution is 0.343. The molecule has 1 aliphatic carbocycles. The molecule has 2 aliphatic heterocycles. The highest BCUT2D eigenvalue weighted by Crippen LogP contribution is 2.47. The number of nitrogens with one attached hydrogen (secondary N) is 1. The molecule has 1 N–H and O–H groups in total. The second-order valence-corrected chi connectivity index (χ2v) is 10.2. The van der Waals surface area contributed by atoms with Gasteiger partial charge in [0.05, 0.1) is 17.9 Å². The van der Waals surface area contributed by atoms with Crippen LogP contribution in [0.1, 0.15) is 50.6 Å². The number of para-hydroxylation sites is 1. The summed E-state index contributed by atoms with van der Waals surface area (Å²) in [6.45, 7) is 5.16. The third-order valence-electron chi connectivity index (χ3n) is 7.64. The van der Waals surface area contributed by atoms with Gasteiger partial charge in [-0.1, -0.05) is 18.2 Å². The summed E-state index contributed by atoms with van der Waals surface area (Å²) in [6, 6.07) is 12.3. The molecule has 5 nitrogen and oxygen atoms in total. The molecular formula is C28H33FN4O. The summed E-state index contributed by atoms with van der Waals surface area (Å²) in [5.74, 6) is 2.09. The number of aromatic nitrogens is 2. The van der Waals surface area contributed by atoms with E-state index in [0.29, 0.717) is 18.0 Å². The molecule has 3 heterocycles. The lowest BCUT2D eigenvalue weighted by Gasteiger charge is -2.38. The van der Waals surface area contributed by atoms with E-state index in [9.17, 15) is 0 Å². The minimum atomic E-state index is -0.146. The van der Waals surface area contributed by atoms with Gasteiger partial charge in [-0.05, 0) is 82.7 Å². The van der Waals surface area contributed by atoms with Crippen molar-refractivity contribution in [3.63, 3.8) is 0 Å². The van der Waals surface area contributed by atoms with Gasteiger partial charge in [0.1, 0.15) is 17.3 Å². The average Bonchev–Trinajstić information content (AvgIpc) is 3.55. The van der Waals surface area contributed by atoms with Gasteiger partial charge in [-0.15, -0.1) is 0 Å². The van der Waals surface area contributed by atoms with Crippen LogP contribution in [0.4, 0.5) is 10.1 Å². The Kier molecular flexibility index (Phi) is 5.77. The number of hydrogen-bond donors (Lipinski definition) is 1. The Hall–Kier alpha value is -2.86. The maximum atomic E-state index is 15.9. The van der Waals surface area contributed by atoms with E-state index in [-0.39, 0.29) is 5.82 Å². The molecule has 0 radical (unpaired) electrons. The molecule has 0 unspecified atom stereocenters. The first kappa shape index (κ1) is 21.7. The predicted molar refractivity (Wildman–Crippen MR) is 133 cm³/mol. The van der Waals surface area contributed by atoms with E-state index in [1.54, 1.807) is 6.07 Å². The fourth-order valence-electron chi connectivity index (χ4n) is 5.48. The SMILES string of the molecule is C[C@H]1CCc2c(Oc3ccccc3)c(-c3cnn(C4CCNCC4)c3)cc(F)c2N1CC1CC1. The molecule has 0 amide bonds. The Bertz CT molecular complexity index is 1150. The second kappa shape index (κ2) is 9.06. The number of halogens is 1. The van der Waals surface area contributed by atoms with Crippen molar-refractivity contribution in [2.24, 2.45) is 5.92 Å². The molecule has 1 atom stereocenters. The van der Waals surface area contributed by atoms with Crippen LogP contribution >= 0.6 is 0 Å². The molecule has 178 valence electrons. The molecule has 3 aromatic rings. The van der Waals surface area contributed by atoms with Gasteiger partial charge in [-0.25, -0.2) is 4.39 Å². The van der Waals surface area contributed by atoms with Crippen LogP contribution in [0.5, 0.6) is 11.5 Å². The Morgan fingerprint density at radius 3 is 2.65 bits per heavy atom. The van der Waals surface area contributed by atoms with Crippen LogP contribution in [0, 0.1) is 11.7 Å². The molecule has 2 fully saturated rings. The van der Waals surface area contributed by atoms with E-state index in [4.69, 9.17) is 4.74 Å². The Balaban J connectivity index is 1.45. The third kappa shape index (κ3) is 4.20. The highest BCUT2D eigenvalue weighted by atomic mass is 19.1. The minimum absolute atomic E-state index is 0.146. The van der Waals surface area contributed by atoms with Gasteiger partial charge in [0, 0.05) is 35.5 Å². The summed E-state index contributed by atoms with van der Waals surface area (Å²) < 4.78 is 24.5. The Morgan fingerprint density at radius 2 is 1.88 bits per heavy atom. The van der Waals surface area contributed by atoms with E-state index in [1.165, 1.54) is 12.8 Å². The maximum absolute atomic E-state index is 15.9. The highest BCUT2D eigenvalue weighted by Gasteiger charge is 2.35. The van der Waals surface area contributed by atoms with Gasteiger partial charge < -0.3 is 15.0 Å². The van der Waals surface area contributed by atoms with E-state index in [0.717, 1.165) is 79.2 Å². The number of ether oxygens (including phenoxy) is 1. The zero-order valence-electron chi connectivity index (χ0n) is 19.8. The normalized spacial score (nSPS) is 20.9. The lowest BCUT2D eigenvalue weighted by Crippen LogP contribution is -2.39. The van der Waals surface area contributed by atoms with Crippen LogP contribution in [-0.2, 0) is 6.42 Å². The van der Waals surface area contributed by atoms with Crippen molar-refractivity contribution in [3.05, 3.63) is 60.2 Å².